The maximum Gasteiger partial charge on any atom is 0.190 e. The molecular formula is C14H24O6. The summed E-state index contributed by atoms with van der Waals surface area (Å²) in [5, 5.41) is 0. The molecule has 6 heteroatoms. The molecule has 0 radical (unpaired) electrons. The molecule has 0 aliphatic carbocycles. The Morgan fingerprint density at radius 3 is 2.35 bits per heavy atom. The van der Waals surface area contributed by atoms with E-state index in [1.165, 1.54) is 0 Å². The van der Waals surface area contributed by atoms with Crippen LogP contribution >= 0.6 is 0 Å². The van der Waals surface area contributed by atoms with Crippen LogP contribution in [0, 0.1) is 0 Å². The molecule has 3 fully saturated rings. The van der Waals surface area contributed by atoms with Gasteiger partial charge in [0.2, 0.25) is 0 Å². The van der Waals surface area contributed by atoms with Gasteiger partial charge in [-0.1, -0.05) is 0 Å². The standard InChI is InChI=1S/C14H24O6/c1-6-15-10-9(8-7-16-13(2,3)18-8)17-12-11(10)19-14(4,5)20-12/h8-12H,6-7H2,1-5H3. The predicted molar refractivity (Wildman–Crippen MR) is 69.0 cm³/mol. The van der Waals surface area contributed by atoms with Gasteiger partial charge in [0.1, 0.15) is 24.4 Å². The summed E-state index contributed by atoms with van der Waals surface area (Å²) in [4.78, 5) is 0. The second kappa shape index (κ2) is 4.90. The first-order valence-electron chi connectivity index (χ1n) is 7.26. The van der Waals surface area contributed by atoms with Crippen LogP contribution in [0.15, 0.2) is 0 Å². The fourth-order valence-electron chi connectivity index (χ4n) is 3.06. The lowest BCUT2D eigenvalue weighted by atomic mass is 10.1. The number of rotatable bonds is 3. The zero-order valence-electron chi connectivity index (χ0n) is 12.8. The zero-order chi connectivity index (χ0) is 14.5. The first-order chi connectivity index (χ1) is 9.31. The van der Waals surface area contributed by atoms with E-state index in [2.05, 4.69) is 0 Å². The molecule has 0 aromatic carbocycles. The van der Waals surface area contributed by atoms with Crippen molar-refractivity contribution in [3.05, 3.63) is 0 Å². The molecule has 0 aromatic heterocycles. The molecule has 3 aliphatic rings. The van der Waals surface area contributed by atoms with Gasteiger partial charge >= 0.3 is 0 Å². The summed E-state index contributed by atoms with van der Waals surface area (Å²) < 4.78 is 35.0. The lowest BCUT2D eigenvalue weighted by Gasteiger charge is -2.28. The van der Waals surface area contributed by atoms with Crippen molar-refractivity contribution in [3.8, 4) is 0 Å². The third-order valence-electron chi connectivity index (χ3n) is 3.78. The molecule has 116 valence electrons. The minimum absolute atomic E-state index is 0.164. The van der Waals surface area contributed by atoms with Crippen molar-refractivity contribution in [3.63, 3.8) is 0 Å². The van der Waals surface area contributed by atoms with Crippen LogP contribution in [0.4, 0.5) is 0 Å². The van der Waals surface area contributed by atoms with Crippen molar-refractivity contribution >= 4 is 0 Å². The topological polar surface area (TPSA) is 55.4 Å². The largest absolute Gasteiger partial charge is 0.373 e. The highest BCUT2D eigenvalue weighted by atomic mass is 16.8. The van der Waals surface area contributed by atoms with Crippen molar-refractivity contribution in [2.45, 2.75) is 76.9 Å². The molecule has 3 rings (SSSR count). The minimum Gasteiger partial charge on any atom is -0.373 e. The Balaban J connectivity index is 1.73. The van der Waals surface area contributed by atoms with E-state index in [4.69, 9.17) is 28.4 Å². The van der Waals surface area contributed by atoms with E-state index < -0.39 is 17.9 Å². The second-order valence-electron chi connectivity index (χ2n) is 6.36. The molecule has 3 aliphatic heterocycles. The quantitative estimate of drug-likeness (QED) is 0.783. The number of fused-ring (bicyclic) bond motifs is 1. The number of hydrogen-bond acceptors (Lipinski definition) is 6. The molecule has 20 heavy (non-hydrogen) atoms. The highest BCUT2D eigenvalue weighted by Crippen LogP contribution is 2.41. The predicted octanol–water partition coefficient (Wildman–Crippen LogP) is 1.42. The van der Waals surface area contributed by atoms with Crippen LogP contribution in [0.1, 0.15) is 34.6 Å². The summed E-state index contributed by atoms with van der Waals surface area (Å²) in [5.74, 6) is -1.22. The van der Waals surface area contributed by atoms with Gasteiger partial charge in [0.15, 0.2) is 17.9 Å². The van der Waals surface area contributed by atoms with E-state index in [1.807, 2.05) is 34.6 Å². The Hall–Kier alpha value is -0.240. The number of ether oxygens (including phenoxy) is 6. The molecule has 0 amide bonds. The minimum atomic E-state index is -0.637. The van der Waals surface area contributed by atoms with Crippen molar-refractivity contribution in [1.29, 1.82) is 0 Å². The van der Waals surface area contributed by atoms with Gasteiger partial charge < -0.3 is 28.4 Å². The Morgan fingerprint density at radius 2 is 1.75 bits per heavy atom. The summed E-state index contributed by atoms with van der Waals surface area (Å²) in [6.07, 6.45) is -1.22. The van der Waals surface area contributed by atoms with Crippen LogP contribution in [0.5, 0.6) is 0 Å². The first kappa shape index (κ1) is 14.7. The monoisotopic (exact) mass is 288 g/mol. The first-order valence-corrected chi connectivity index (χ1v) is 7.26. The molecule has 0 aromatic rings. The summed E-state index contributed by atoms with van der Waals surface area (Å²) in [7, 11) is 0. The summed E-state index contributed by atoms with van der Waals surface area (Å²) in [6.45, 7) is 10.6. The fourth-order valence-corrected chi connectivity index (χ4v) is 3.06. The summed E-state index contributed by atoms with van der Waals surface area (Å²) >= 11 is 0. The highest BCUT2D eigenvalue weighted by molar-refractivity contribution is 4.98. The van der Waals surface area contributed by atoms with E-state index in [1.54, 1.807) is 0 Å². The smallest absolute Gasteiger partial charge is 0.190 e. The molecule has 6 nitrogen and oxygen atoms in total. The van der Waals surface area contributed by atoms with Crippen molar-refractivity contribution in [2.75, 3.05) is 13.2 Å². The molecule has 3 saturated heterocycles. The third kappa shape index (κ3) is 2.61. The van der Waals surface area contributed by atoms with E-state index >= 15 is 0 Å². The average Bonchev–Trinajstić information content (AvgIpc) is 2.91. The Kier molecular flexibility index (Phi) is 3.60. The lowest BCUT2D eigenvalue weighted by Crippen LogP contribution is -2.44. The van der Waals surface area contributed by atoms with Gasteiger partial charge in [0.05, 0.1) is 6.61 Å². The van der Waals surface area contributed by atoms with E-state index in [0.717, 1.165) is 0 Å². The maximum atomic E-state index is 5.99. The fraction of sp³-hybridized carbons (Fsp3) is 1.00. The highest BCUT2D eigenvalue weighted by Gasteiger charge is 2.58. The van der Waals surface area contributed by atoms with E-state index in [0.29, 0.717) is 13.2 Å². The zero-order valence-corrected chi connectivity index (χ0v) is 12.8. The van der Waals surface area contributed by atoms with Gasteiger partial charge in [-0.25, -0.2) is 0 Å². The van der Waals surface area contributed by atoms with Crippen LogP contribution in [0.25, 0.3) is 0 Å². The van der Waals surface area contributed by atoms with Gasteiger partial charge in [-0.2, -0.15) is 0 Å². The Labute approximate surface area is 119 Å². The van der Waals surface area contributed by atoms with Gasteiger partial charge in [-0.05, 0) is 34.6 Å². The van der Waals surface area contributed by atoms with Gasteiger partial charge in [0, 0.05) is 6.61 Å². The molecule has 0 spiro atoms. The second-order valence-corrected chi connectivity index (χ2v) is 6.36. The molecule has 3 heterocycles. The molecule has 0 saturated carbocycles. The van der Waals surface area contributed by atoms with Crippen molar-refractivity contribution < 1.29 is 28.4 Å². The Morgan fingerprint density at radius 1 is 1.00 bits per heavy atom. The van der Waals surface area contributed by atoms with Gasteiger partial charge in [0.25, 0.3) is 0 Å². The molecule has 5 atom stereocenters. The van der Waals surface area contributed by atoms with Gasteiger partial charge in [-0.3, -0.25) is 0 Å². The summed E-state index contributed by atoms with van der Waals surface area (Å²) in [6, 6.07) is 0. The van der Waals surface area contributed by atoms with Crippen LogP contribution in [0.2, 0.25) is 0 Å². The summed E-state index contributed by atoms with van der Waals surface area (Å²) in [5.41, 5.74) is 0. The third-order valence-corrected chi connectivity index (χ3v) is 3.78. The maximum absolute atomic E-state index is 5.99. The van der Waals surface area contributed by atoms with Gasteiger partial charge in [-0.15, -0.1) is 0 Å². The molecular weight excluding hydrogens is 264 g/mol. The SMILES string of the molecule is CCOC1C(C2COC(C)(C)O2)OC2OC(C)(C)OC21. The molecule has 0 N–H and O–H groups in total. The van der Waals surface area contributed by atoms with E-state index in [9.17, 15) is 0 Å². The average molecular weight is 288 g/mol. The van der Waals surface area contributed by atoms with Crippen LogP contribution in [0.3, 0.4) is 0 Å². The molecule has 5 unspecified atom stereocenters. The van der Waals surface area contributed by atoms with Crippen LogP contribution < -0.4 is 0 Å². The number of hydrogen-bond donors (Lipinski definition) is 0. The van der Waals surface area contributed by atoms with Crippen LogP contribution in [-0.2, 0) is 28.4 Å². The van der Waals surface area contributed by atoms with E-state index in [-0.39, 0.29) is 24.4 Å². The van der Waals surface area contributed by atoms with Crippen molar-refractivity contribution in [2.24, 2.45) is 0 Å². The van der Waals surface area contributed by atoms with Crippen molar-refractivity contribution in [1.82, 2.24) is 0 Å². The lowest BCUT2D eigenvalue weighted by molar-refractivity contribution is -0.235. The van der Waals surface area contributed by atoms with Crippen LogP contribution in [-0.4, -0.2) is 55.5 Å². The molecule has 0 bridgehead atoms. The normalized spacial score (nSPS) is 45.8. The Bertz CT molecular complexity index is 369.